The Labute approximate surface area is 179 Å². The number of benzene rings is 1. The first-order valence-corrected chi connectivity index (χ1v) is 13.5. The van der Waals surface area contributed by atoms with Crippen molar-refractivity contribution in [2.75, 3.05) is 11.5 Å². The third kappa shape index (κ3) is 7.21. The van der Waals surface area contributed by atoms with Crippen LogP contribution in [0.3, 0.4) is 0 Å². The van der Waals surface area contributed by atoms with Gasteiger partial charge in [0.2, 0.25) is 0 Å². The van der Waals surface area contributed by atoms with Crippen molar-refractivity contribution in [2.24, 2.45) is 11.8 Å². The van der Waals surface area contributed by atoms with E-state index < -0.39 is 14.6 Å². The van der Waals surface area contributed by atoms with Crippen molar-refractivity contribution in [3.8, 4) is 0 Å². The molecule has 0 N–H and O–H groups in total. The topological polar surface area (TPSA) is 34.1 Å². The Morgan fingerprint density at radius 2 is 1.75 bits per heavy atom. The van der Waals surface area contributed by atoms with E-state index in [0.29, 0.717) is 28.0 Å². The van der Waals surface area contributed by atoms with Gasteiger partial charge in [0.05, 0.1) is 10.5 Å². The summed E-state index contributed by atoms with van der Waals surface area (Å²) < 4.78 is 37.9. The van der Waals surface area contributed by atoms with Crippen molar-refractivity contribution in [3.05, 3.63) is 34.6 Å². The third-order valence-electron chi connectivity index (χ3n) is 5.81. The number of halogens is 2. The molecule has 2 nitrogen and oxygen atoms in total. The Bertz CT molecular complexity index is 700. The van der Waals surface area contributed by atoms with Gasteiger partial charge in [0.15, 0.2) is 9.84 Å². The summed E-state index contributed by atoms with van der Waals surface area (Å²) in [6.07, 6.45) is 7.94. The van der Waals surface area contributed by atoms with Gasteiger partial charge >= 0.3 is 0 Å². The van der Waals surface area contributed by atoms with Gasteiger partial charge in [-0.1, -0.05) is 43.4 Å². The van der Waals surface area contributed by atoms with Gasteiger partial charge in [0.1, 0.15) is 5.82 Å². The molecule has 1 saturated carbocycles. The van der Waals surface area contributed by atoms with Gasteiger partial charge in [0, 0.05) is 16.3 Å². The van der Waals surface area contributed by atoms with E-state index in [4.69, 9.17) is 11.6 Å². The smallest absolute Gasteiger partial charge is 0.155 e. The fourth-order valence-electron chi connectivity index (χ4n) is 3.73. The standard InChI is InChI=1S/C22H34ClFO2S2/c1-22(2,3)28(25,26)16-18-12-10-17(11-13-18)7-4-5-14-27-15-19-20(23)8-6-9-21(19)24/h6,8-9,17-18H,4-5,7,10-16H2,1-3H3. The SMILES string of the molecule is CC(C)(C)S(=O)(=O)CC1CCC(CCCCSCc2c(F)cccc2Cl)CC1. The van der Waals surface area contributed by atoms with Gasteiger partial charge in [-0.3, -0.25) is 0 Å². The lowest BCUT2D eigenvalue weighted by atomic mass is 9.80. The predicted octanol–water partition coefficient (Wildman–Crippen LogP) is 6.90. The second-order valence-corrected chi connectivity index (χ2v) is 13.3. The molecule has 1 aliphatic carbocycles. The summed E-state index contributed by atoms with van der Waals surface area (Å²) in [5.74, 6) is 2.84. The van der Waals surface area contributed by atoms with Crippen molar-refractivity contribution < 1.29 is 12.8 Å². The van der Waals surface area contributed by atoms with Crippen LogP contribution in [0.2, 0.25) is 5.02 Å². The molecule has 1 aromatic rings. The number of sulfone groups is 1. The van der Waals surface area contributed by atoms with E-state index in [-0.39, 0.29) is 5.82 Å². The molecule has 0 radical (unpaired) electrons. The van der Waals surface area contributed by atoms with Crippen LogP contribution in [0.25, 0.3) is 0 Å². The lowest BCUT2D eigenvalue weighted by Gasteiger charge is -2.30. The highest BCUT2D eigenvalue weighted by Gasteiger charge is 2.33. The van der Waals surface area contributed by atoms with Crippen LogP contribution in [0.5, 0.6) is 0 Å². The summed E-state index contributed by atoms with van der Waals surface area (Å²) in [6.45, 7) is 5.39. The van der Waals surface area contributed by atoms with Crippen LogP contribution in [-0.2, 0) is 15.6 Å². The van der Waals surface area contributed by atoms with Crippen LogP contribution >= 0.6 is 23.4 Å². The summed E-state index contributed by atoms with van der Waals surface area (Å²) in [5.41, 5.74) is 0.609. The van der Waals surface area contributed by atoms with E-state index in [1.807, 2.05) is 0 Å². The molecule has 1 aliphatic rings. The summed E-state index contributed by atoms with van der Waals surface area (Å²) in [7, 11) is -3.01. The Balaban J connectivity index is 1.59. The Morgan fingerprint density at radius 1 is 1.11 bits per heavy atom. The largest absolute Gasteiger partial charge is 0.228 e. The highest BCUT2D eigenvalue weighted by molar-refractivity contribution is 7.98. The zero-order valence-corrected chi connectivity index (χ0v) is 19.7. The highest BCUT2D eigenvalue weighted by Crippen LogP contribution is 2.34. The minimum Gasteiger partial charge on any atom is -0.228 e. The molecule has 160 valence electrons. The maximum Gasteiger partial charge on any atom is 0.155 e. The van der Waals surface area contributed by atoms with E-state index in [0.717, 1.165) is 43.8 Å². The average molecular weight is 449 g/mol. The van der Waals surface area contributed by atoms with Crippen molar-refractivity contribution in [3.63, 3.8) is 0 Å². The minimum atomic E-state index is -3.01. The normalized spacial score (nSPS) is 21.0. The van der Waals surface area contributed by atoms with Crippen LogP contribution in [0.4, 0.5) is 4.39 Å². The Kier molecular flexibility index (Phi) is 9.15. The first-order valence-electron chi connectivity index (χ1n) is 10.3. The zero-order chi connectivity index (χ0) is 20.8. The quantitative estimate of drug-likeness (QED) is 0.385. The van der Waals surface area contributed by atoms with Crippen LogP contribution in [-0.4, -0.2) is 24.7 Å². The number of unbranched alkanes of at least 4 members (excludes halogenated alkanes) is 1. The van der Waals surface area contributed by atoms with E-state index in [2.05, 4.69) is 0 Å². The molecule has 0 amide bonds. The molecule has 0 aliphatic heterocycles. The van der Waals surface area contributed by atoms with E-state index in [1.165, 1.54) is 18.9 Å². The lowest BCUT2D eigenvalue weighted by molar-refractivity contribution is 0.273. The van der Waals surface area contributed by atoms with Crippen molar-refractivity contribution in [1.29, 1.82) is 0 Å². The molecule has 0 aromatic heterocycles. The molecule has 0 atom stereocenters. The van der Waals surface area contributed by atoms with Gasteiger partial charge in [0.25, 0.3) is 0 Å². The molecule has 28 heavy (non-hydrogen) atoms. The van der Waals surface area contributed by atoms with E-state index in [1.54, 1.807) is 44.7 Å². The van der Waals surface area contributed by atoms with Gasteiger partial charge in [-0.15, -0.1) is 0 Å². The molecular weight excluding hydrogens is 415 g/mol. The first-order chi connectivity index (χ1) is 13.1. The van der Waals surface area contributed by atoms with Crippen LogP contribution in [0, 0.1) is 17.7 Å². The molecule has 1 fully saturated rings. The molecule has 6 heteroatoms. The average Bonchev–Trinajstić information content (AvgIpc) is 2.60. The maximum atomic E-state index is 13.7. The molecular formula is C22H34ClFO2S2. The van der Waals surface area contributed by atoms with E-state index in [9.17, 15) is 12.8 Å². The number of hydrogen-bond donors (Lipinski definition) is 0. The first kappa shape index (κ1) is 24.0. The van der Waals surface area contributed by atoms with Crippen molar-refractivity contribution in [2.45, 2.75) is 76.2 Å². The number of thioether (sulfide) groups is 1. The fourth-order valence-corrected chi connectivity index (χ4v) is 6.54. The minimum absolute atomic E-state index is 0.217. The van der Waals surface area contributed by atoms with Gasteiger partial charge < -0.3 is 0 Å². The second kappa shape index (κ2) is 10.7. The molecule has 0 spiro atoms. The van der Waals surface area contributed by atoms with Gasteiger partial charge in [-0.2, -0.15) is 11.8 Å². The third-order valence-corrected chi connectivity index (χ3v) is 10.0. The monoisotopic (exact) mass is 448 g/mol. The van der Waals surface area contributed by atoms with Crippen molar-refractivity contribution in [1.82, 2.24) is 0 Å². The number of hydrogen-bond acceptors (Lipinski definition) is 3. The summed E-state index contributed by atoms with van der Waals surface area (Å²) in [6, 6.07) is 4.84. The lowest BCUT2D eigenvalue weighted by Crippen LogP contribution is -2.34. The molecule has 0 bridgehead atoms. The maximum absolute atomic E-state index is 13.7. The Morgan fingerprint density at radius 3 is 2.36 bits per heavy atom. The van der Waals surface area contributed by atoms with Gasteiger partial charge in [-0.05, 0) is 69.8 Å². The van der Waals surface area contributed by atoms with Crippen LogP contribution in [0.1, 0.15) is 71.3 Å². The molecule has 0 unspecified atom stereocenters. The second-order valence-electron chi connectivity index (χ2n) is 9.03. The Hall–Kier alpha value is -0.260. The summed E-state index contributed by atoms with van der Waals surface area (Å²) in [4.78, 5) is 0. The molecule has 1 aromatic carbocycles. The van der Waals surface area contributed by atoms with Gasteiger partial charge in [-0.25, -0.2) is 12.8 Å². The fraction of sp³-hybridized carbons (Fsp3) is 0.727. The summed E-state index contributed by atoms with van der Waals surface area (Å²) in [5, 5.41) is 0.512. The van der Waals surface area contributed by atoms with Crippen LogP contribution in [0.15, 0.2) is 18.2 Å². The number of rotatable bonds is 9. The van der Waals surface area contributed by atoms with Crippen molar-refractivity contribution >= 4 is 33.2 Å². The van der Waals surface area contributed by atoms with Crippen LogP contribution < -0.4 is 0 Å². The summed E-state index contributed by atoms with van der Waals surface area (Å²) >= 11 is 7.80. The molecule has 0 saturated heterocycles. The highest BCUT2D eigenvalue weighted by atomic mass is 35.5. The molecule has 0 heterocycles. The van der Waals surface area contributed by atoms with E-state index >= 15 is 0 Å². The zero-order valence-electron chi connectivity index (χ0n) is 17.3. The predicted molar refractivity (Wildman–Crippen MR) is 120 cm³/mol. The molecule has 2 rings (SSSR count).